The van der Waals surface area contributed by atoms with Crippen LogP contribution in [-0.4, -0.2) is 57.8 Å². The van der Waals surface area contributed by atoms with Crippen LogP contribution in [0.1, 0.15) is 72.1 Å². The molecular formula is C25H38N2O6. The Bertz CT molecular complexity index is 854. The van der Waals surface area contributed by atoms with E-state index in [1.54, 1.807) is 0 Å². The van der Waals surface area contributed by atoms with Crippen LogP contribution in [-0.2, 0) is 14.4 Å². The normalized spacial score (nSPS) is 40.6. The molecule has 0 heterocycles. The Morgan fingerprint density at radius 1 is 1.18 bits per heavy atom. The Morgan fingerprint density at radius 3 is 2.64 bits per heavy atom. The summed E-state index contributed by atoms with van der Waals surface area (Å²) in [5.74, 6) is 0.00935. The van der Waals surface area contributed by atoms with E-state index in [1.165, 1.54) is 18.9 Å². The lowest BCUT2D eigenvalue weighted by molar-refractivity contribution is -0.145. The van der Waals surface area contributed by atoms with Crippen LogP contribution in [0.4, 0.5) is 0 Å². The van der Waals surface area contributed by atoms with Gasteiger partial charge in [0.05, 0.1) is 17.9 Å². The molecule has 0 spiro atoms. The van der Waals surface area contributed by atoms with Gasteiger partial charge in [0.25, 0.3) is 5.91 Å². The lowest BCUT2D eigenvalue weighted by Crippen LogP contribution is -2.51. The molecule has 0 aliphatic heterocycles. The number of allylic oxidation sites excluding steroid dienone is 2. The maximum Gasteiger partial charge on any atom is 0.328 e. The summed E-state index contributed by atoms with van der Waals surface area (Å²) in [7, 11) is 0. The first-order valence-electron chi connectivity index (χ1n) is 12.3. The number of carbonyl (C=O) groups is 2. The number of fused-ring (bicyclic) bond motifs is 5. The molecule has 0 radical (unpaired) electrons. The highest BCUT2D eigenvalue weighted by atomic mass is 16.6. The third-order valence-corrected chi connectivity index (χ3v) is 9.37. The summed E-state index contributed by atoms with van der Waals surface area (Å²) in [6.07, 6.45) is 9.11. The largest absolute Gasteiger partial charge is 0.480 e. The Balaban J connectivity index is 1.39. The van der Waals surface area contributed by atoms with Crippen molar-refractivity contribution in [3.63, 3.8) is 0 Å². The monoisotopic (exact) mass is 462 g/mol. The van der Waals surface area contributed by atoms with Gasteiger partial charge in [-0.05, 0) is 93.0 Å². The number of aliphatic hydroxyl groups excluding tert-OH is 2. The number of amides is 1. The van der Waals surface area contributed by atoms with Crippen molar-refractivity contribution in [3.8, 4) is 0 Å². The van der Waals surface area contributed by atoms with Crippen LogP contribution in [0, 0.1) is 28.6 Å². The Hall–Kier alpha value is -1.93. The molecule has 3 saturated carbocycles. The zero-order valence-corrected chi connectivity index (χ0v) is 19.9. The van der Waals surface area contributed by atoms with Crippen LogP contribution in [0.2, 0.25) is 0 Å². The van der Waals surface area contributed by atoms with Gasteiger partial charge in [-0.1, -0.05) is 24.6 Å². The minimum absolute atomic E-state index is 0.0852. The minimum atomic E-state index is -1.38. The van der Waals surface area contributed by atoms with Gasteiger partial charge in [-0.25, -0.2) is 4.79 Å². The number of hydrogen-bond acceptors (Lipinski definition) is 6. The first-order chi connectivity index (χ1) is 15.6. The van der Waals surface area contributed by atoms with Crippen LogP contribution in [0.3, 0.4) is 0 Å². The van der Waals surface area contributed by atoms with Crippen molar-refractivity contribution >= 4 is 17.6 Å². The van der Waals surface area contributed by atoms with Gasteiger partial charge < -0.3 is 25.5 Å². The molecule has 0 aromatic rings. The fourth-order valence-electron chi connectivity index (χ4n) is 7.39. The van der Waals surface area contributed by atoms with E-state index in [-0.39, 0.29) is 16.9 Å². The zero-order valence-electron chi connectivity index (χ0n) is 19.9. The average molecular weight is 463 g/mol. The van der Waals surface area contributed by atoms with Crippen LogP contribution in [0.25, 0.3) is 0 Å². The quantitative estimate of drug-likeness (QED) is 0.449. The molecule has 33 heavy (non-hydrogen) atoms. The highest BCUT2D eigenvalue weighted by Crippen LogP contribution is 2.65. The molecule has 4 N–H and O–H groups in total. The summed E-state index contributed by atoms with van der Waals surface area (Å²) < 4.78 is 0. The highest BCUT2D eigenvalue weighted by molar-refractivity contribution is 5.96. The second-order valence-corrected chi connectivity index (χ2v) is 11.1. The lowest BCUT2D eigenvalue weighted by atomic mass is 9.47. The average Bonchev–Trinajstić information content (AvgIpc) is 3.06. The second kappa shape index (κ2) is 9.02. The molecular weight excluding hydrogens is 424 g/mol. The third kappa shape index (κ3) is 4.32. The number of nitrogens with one attached hydrogen (secondary N) is 1. The number of nitrogens with zero attached hydrogens (tertiary/aromatic N) is 1. The summed E-state index contributed by atoms with van der Waals surface area (Å²) >= 11 is 0. The van der Waals surface area contributed by atoms with E-state index in [0.717, 1.165) is 50.7 Å². The van der Waals surface area contributed by atoms with Gasteiger partial charge in [0.15, 0.2) is 12.6 Å². The van der Waals surface area contributed by atoms with E-state index in [0.29, 0.717) is 17.8 Å². The van der Waals surface area contributed by atoms with Gasteiger partial charge in [-0.3, -0.25) is 4.79 Å². The number of carbonyl (C=O) groups excluding carboxylic acids is 1. The smallest absolute Gasteiger partial charge is 0.328 e. The molecule has 4 aliphatic carbocycles. The Labute approximate surface area is 195 Å². The number of aliphatic carboxylic acids is 1. The zero-order chi connectivity index (χ0) is 24.0. The highest BCUT2D eigenvalue weighted by Gasteiger charge is 2.58. The second-order valence-electron chi connectivity index (χ2n) is 11.1. The SMILES string of the molecule is C[C@H](O)[C@H](NC(=O)CO/N=C1/C=C2CC[C@H]3[C@H]4CC[C@H](O)[C@@]4(C)CC[C@H]3[C@@]2(C)CC1)C(=O)O. The molecule has 0 aromatic heterocycles. The number of hydrogen-bond donors (Lipinski definition) is 4. The van der Waals surface area contributed by atoms with Crippen LogP contribution in [0.5, 0.6) is 0 Å². The Morgan fingerprint density at radius 2 is 1.94 bits per heavy atom. The molecule has 8 nitrogen and oxygen atoms in total. The molecule has 4 rings (SSSR count). The van der Waals surface area contributed by atoms with Crippen molar-refractivity contribution in [2.24, 2.45) is 33.7 Å². The fourth-order valence-corrected chi connectivity index (χ4v) is 7.39. The van der Waals surface area contributed by atoms with Crippen molar-refractivity contribution in [3.05, 3.63) is 11.6 Å². The van der Waals surface area contributed by atoms with Gasteiger partial charge in [0.1, 0.15) is 0 Å². The van der Waals surface area contributed by atoms with Crippen LogP contribution < -0.4 is 5.32 Å². The number of rotatable bonds is 6. The molecule has 8 atom stereocenters. The fraction of sp³-hybridized carbons (Fsp3) is 0.800. The molecule has 8 heteroatoms. The van der Waals surface area contributed by atoms with E-state index >= 15 is 0 Å². The van der Waals surface area contributed by atoms with E-state index in [4.69, 9.17) is 9.94 Å². The van der Waals surface area contributed by atoms with Crippen molar-refractivity contribution in [2.45, 2.75) is 90.4 Å². The van der Waals surface area contributed by atoms with Crippen molar-refractivity contribution < 1.29 is 29.7 Å². The predicted octanol–water partition coefficient (Wildman–Crippen LogP) is 2.63. The summed E-state index contributed by atoms with van der Waals surface area (Å²) in [6, 6.07) is -1.38. The van der Waals surface area contributed by atoms with Crippen molar-refractivity contribution in [2.75, 3.05) is 6.61 Å². The molecule has 3 fully saturated rings. The lowest BCUT2D eigenvalue weighted by Gasteiger charge is -2.57. The van der Waals surface area contributed by atoms with Gasteiger partial charge in [0, 0.05) is 0 Å². The summed E-state index contributed by atoms with van der Waals surface area (Å²) in [6.45, 7) is 5.62. The van der Waals surface area contributed by atoms with Gasteiger partial charge in [-0.15, -0.1) is 0 Å². The van der Waals surface area contributed by atoms with E-state index in [9.17, 15) is 19.8 Å². The molecule has 0 saturated heterocycles. The first kappa shape index (κ1) is 24.2. The molecule has 0 unspecified atom stereocenters. The summed E-state index contributed by atoms with van der Waals surface area (Å²) in [4.78, 5) is 28.3. The Kier molecular flexibility index (Phi) is 6.62. The number of oxime groups is 1. The van der Waals surface area contributed by atoms with E-state index in [2.05, 4.69) is 30.4 Å². The number of aliphatic hydroxyl groups is 2. The molecule has 4 aliphatic rings. The van der Waals surface area contributed by atoms with Crippen LogP contribution in [0.15, 0.2) is 16.8 Å². The van der Waals surface area contributed by atoms with Crippen molar-refractivity contribution in [1.82, 2.24) is 5.32 Å². The van der Waals surface area contributed by atoms with Gasteiger partial charge >= 0.3 is 5.97 Å². The first-order valence-corrected chi connectivity index (χ1v) is 12.3. The topological polar surface area (TPSA) is 128 Å². The van der Waals surface area contributed by atoms with E-state index < -0.39 is 30.6 Å². The molecule has 184 valence electrons. The molecule has 0 bridgehead atoms. The van der Waals surface area contributed by atoms with Gasteiger partial charge in [0.2, 0.25) is 0 Å². The van der Waals surface area contributed by atoms with Gasteiger partial charge in [-0.2, -0.15) is 0 Å². The van der Waals surface area contributed by atoms with E-state index in [1.807, 2.05) is 0 Å². The third-order valence-electron chi connectivity index (χ3n) is 9.37. The number of carboxylic acid groups (broad SMARTS) is 1. The number of carboxylic acids is 1. The minimum Gasteiger partial charge on any atom is -0.480 e. The maximum atomic E-state index is 12.0. The summed E-state index contributed by atoms with van der Waals surface area (Å²) in [5, 5.41) is 35.5. The maximum absolute atomic E-state index is 12.0. The summed E-state index contributed by atoms with van der Waals surface area (Å²) in [5.41, 5.74) is 2.47. The molecule has 0 aromatic carbocycles. The van der Waals surface area contributed by atoms with Crippen molar-refractivity contribution in [1.29, 1.82) is 0 Å². The predicted molar refractivity (Wildman–Crippen MR) is 122 cm³/mol. The standard InChI is InChI=1S/C25H38N2O6/c1-14(28)22(23(31)32)26-21(30)13-33-27-16-8-10-24(2)15(12-16)4-5-17-18-6-7-20(29)25(18,3)11-9-19(17)24/h12,14,17-20,22,28-29H,4-11,13H2,1-3H3,(H,26,30)(H,31,32)/b27-16+/t14-,17-,18+,19+,20-,22-,24-,25-/m0/s1. The van der Waals surface area contributed by atoms with Crippen LogP contribution >= 0.6 is 0 Å². The molecule has 1 amide bonds.